The minimum Gasteiger partial charge on any atom is -0.502 e. The number of hydrogen-bond donors (Lipinski definition) is 1. The lowest BCUT2D eigenvalue weighted by Crippen LogP contribution is -2.06. The first kappa shape index (κ1) is 9.31. The lowest BCUT2D eigenvalue weighted by Gasteiger charge is -2.01. The molecule has 0 aliphatic rings. The number of hydrogen-bond acceptors (Lipinski definition) is 5. The molecule has 0 radical (unpaired) electrons. The van der Waals surface area contributed by atoms with Gasteiger partial charge in [-0.25, -0.2) is 0 Å². The smallest absolute Gasteiger partial charge is 0.310 e. The molecule has 0 fully saturated rings. The maximum Gasteiger partial charge on any atom is 0.310 e. The van der Waals surface area contributed by atoms with E-state index in [1.165, 1.54) is 13.8 Å². The van der Waals surface area contributed by atoms with Gasteiger partial charge in [0, 0.05) is 6.92 Å². The van der Waals surface area contributed by atoms with Crippen molar-refractivity contribution in [2.24, 2.45) is 0 Å². The molecule has 0 saturated heterocycles. The van der Waals surface area contributed by atoms with E-state index < -0.39 is 17.1 Å². The molecule has 0 aliphatic heterocycles. The summed E-state index contributed by atoms with van der Waals surface area (Å²) >= 11 is 0. The average Bonchev–Trinajstić information content (AvgIpc) is 1.98. The lowest BCUT2D eigenvalue weighted by molar-refractivity contribution is -0.133. The molecule has 0 spiro atoms. The normalized spacial score (nSPS) is 9.69. The van der Waals surface area contributed by atoms with Crippen molar-refractivity contribution < 1.29 is 19.1 Å². The van der Waals surface area contributed by atoms with E-state index in [0.717, 1.165) is 6.07 Å². The Morgan fingerprint density at radius 3 is 2.69 bits per heavy atom. The Kier molecular flexibility index (Phi) is 2.36. The van der Waals surface area contributed by atoms with Crippen LogP contribution < -0.4 is 10.2 Å². The van der Waals surface area contributed by atoms with Crippen LogP contribution in [0.15, 0.2) is 15.3 Å². The first-order valence-electron chi connectivity index (χ1n) is 3.53. The van der Waals surface area contributed by atoms with Crippen molar-refractivity contribution in [1.29, 1.82) is 0 Å². The third-order valence-corrected chi connectivity index (χ3v) is 1.31. The largest absolute Gasteiger partial charge is 0.502 e. The highest BCUT2D eigenvalue weighted by molar-refractivity contribution is 5.68. The van der Waals surface area contributed by atoms with Gasteiger partial charge in [0.15, 0.2) is 5.76 Å². The minimum absolute atomic E-state index is 0.0174. The summed E-state index contributed by atoms with van der Waals surface area (Å²) < 4.78 is 9.32. The van der Waals surface area contributed by atoms with E-state index in [0.29, 0.717) is 0 Å². The van der Waals surface area contributed by atoms with Crippen molar-refractivity contribution in [3.8, 4) is 11.7 Å². The van der Waals surface area contributed by atoms with Crippen LogP contribution in [0.4, 0.5) is 0 Å². The lowest BCUT2D eigenvalue weighted by atomic mass is 10.4. The Bertz CT molecular complexity index is 390. The highest BCUT2D eigenvalue weighted by Crippen LogP contribution is 2.16. The fourth-order valence-electron chi connectivity index (χ4n) is 0.770. The monoisotopic (exact) mass is 184 g/mol. The number of rotatable bonds is 1. The minimum atomic E-state index is -0.639. The van der Waals surface area contributed by atoms with Crippen LogP contribution in [0, 0.1) is 6.92 Å². The van der Waals surface area contributed by atoms with Crippen molar-refractivity contribution in [2.75, 3.05) is 0 Å². The van der Waals surface area contributed by atoms with Crippen molar-refractivity contribution in [1.82, 2.24) is 0 Å². The van der Waals surface area contributed by atoms with Crippen LogP contribution in [0.1, 0.15) is 12.7 Å². The molecule has 5 heteroatoms. The molecule has 13 heavy (non-hydrogen) atoms. The Labute approximate surface area is 73.6 Å². The van der Waals surface area contributed by atoms with Gasteiger partial charge in [-0.2, -0.15) is 0 Å². The van der Waals surface area contributed by atoms with Gasteiger partial charge in [0.25, 0.3) is 5.95 Å². The molecular weight excluding hydrogens is 176 g/mol. The fraction of sp³-hybridized carbons (Fsp3) is 0.250. The molecule has 0 unspecified atom stereocenters. The van der Waals surface area contributed by atoms with Crippen molar-refractivity contribution in [3.05, 3.63) is 22.0 Å². The van der Waals surface area contributed by atoms with Crippen LogP contribution in [0.2, 0.25) is 0 Å². The molecular formula is C8H8O5. The zero-order valence-corrected chi connectivity index (χ0v) is 7.16. The summed E-state index contributed by atoms with van der Waals surface area (Å²) in [6, 6.07) is 0.906. The summed E-state index contributed by atoms with van der Waals surface area (Å²) in [6.45, 7) is 2.58. The molecule has 0 atom stereocenters. The van der Waals surface area contributed by atoms with Gasteiger partial charge in [-0.15, -0.1) is 0 Å². The Morgan fingerprint density at radius 2 is 2.23 bits per heavy atom. The van der Waals surface area contributed by atoms with Gasteiger partial charge in [-0.05, 0) is 6.92 Å². The summed E-state index contributed by atoms with van der Waals surface area (Å²) in [6.07, 6.45) is 0. The third kappa shape index (κ3) is 2.08. The maximum absolute atomic E-state index is 10.9. The van der Waals surface area contributed by atoms with E-state index in [2.05, 4.69) is 4.74 Å². The van der Waals surface area contributed by atoms with Crippen LogP contribution in [0.5, 0.6) is 11.7 Å². The molecule has 0 aliphatic carbocycles. The van der Waals surface area contributed by atoms with Gasteiger partial charge in [0.1, 0.15) is 0 Å². The van der Waals surface area contributed by atoms with Gasteiger partial charge < -0.3 is 14.3 Å². The van der Waals surface area contributed by atoms with Crippen LogP contribution in [-0.2, 0) is 4.79 Å². The standard InChI is InChI=1S/C8H8O5/c1-4-8(11)6(10)3-7(12-4)13-5(2)9/h3,11H,1-2H3. The molecule has 70 valence electrons. The maximum atomic E-state index is 10.9. The average molecular weight is 184 g/mol. The van der Waals surface area contributed by atoms with E-state index >= 15 is 0 Å². The van der Waals surface area contributed by atoms with Crippen molar-refractivity contribution >= 4 is 5.97 Å². The second-order valence-corrected chi connectivity index (χ2v) is 2.43. The summed E-state index contributed by atoms with van der Waals surface area (Å²) in [5.74, 6) is -1.26. The predicted octanol–water partition coefficient (Wildman–Crippen LogP) is 0.579. The van der Waals surface area contributed by atoms with Crippen molar-refractivity contribution in [2.45, 2.75) is 13.8 Å². The molecule has 5 nitrogen and oxygen atoms in total. The first-order chi connectivity index (χ1) is 6.00. The summed E-state index contributed by atoms with van der Waals surface area (Å²) in [4.78, 5) is 21.4. The molecule has 1 aromatic heterocycles. The van der Waals surface area contributed by atoms with E-state index in [1.807, 2.05) is 0 Å². The first-order valence-corrected chi connectivity index (χ1v) is 3.53. The van der Waals surface area contributed by atoms with E-state index in [-0.39, 0.29) is 11.7 Å². The van der Waals surface area contributed by atoms with Gasteiger partial charge in [0.05, 0.1) is 6.07 Å². The molecule has 0 amide bonds. The summed E-state index contributed by atoms with van der Waals surface area (Å²) in [7, 11) is 0. The van der Waals surface area contributed by atoms with E-state index in [1.54, 1.807) is 0 Å². The van der Waals surface area contributed by atoms with Gasteiger partial charge in [-0.1, -0.05) is 0 Å². The molecule has 1 N–H and O–H groups in total. The van der Waals surface area contributed by atoms with Gasteiger partial charge >= 0.3 is 5.97 Å². The second-order valence-electron chi connectivity index (χ2n) is 2.43. The van der Waals surface area contributed by atoms with E-state index in [4.69, 9.17) is 9.52 Å². The Hall–Kier alpha value is -1.78. The molecule has 1 heterocycles. The summed E-state index contributed by atoms with van der Waals surface area (Å²) in [5, 5.41) is 9.02. The zero-order valence-electron chi connectivity index (χ0n) is 7.16. The predicted molar refractivity (Wildman–Crippen MR) is 42.7 cm³/mol. The van der Waals surface area contributed by atoms with Crippen LogP contribution >= 0.6 is 0 Å². The van der Waals surface area contributed by atoms with Crippen molar-refractivity contribution in [3.63, 3.8) is 0 Å². The van der Waals surface area contributed by atoms with E-state index in [9.17, 15) is 9.59 Å². The number of carbonyl (C=O) groups excluding carboxylic acids is 1. The van der Waals surface area contributed by atoms with Gasteiger partial charge in [-0.3, -0.25) is 9.59 Å². The molecule has 1 aromatic rings. The number of ether oxygens (including phenoxy) is 1. The number of aromatic hydroxyl groups is 1. The zero-order chi connectivity index (χ0) is 10.0. The number of esters is 1. The number of aryl methyl sites for hydroxylation is 1. The Balaban J connectivity index is 3.13. The highest BCUT2D eigenvalue weighted by Gasteiger charge is 2.08. The van der Waals surface area contributed by atoms with Crippen LogP contribution in [0.3, 0.4) is 0 Å². The second kappa shape index (κ2) is 3.30. The summed E-state index contributed by atoms with van der Waals surface area (Å²) in [5.41, 5.74) is -0.639. The Morgan fingerprint density at radius 1 is 1.62 bits per heavy atom. The molecule has 0 bridgehead atoms. The number of carbonyl (C=O) groups is 1. The SMILES string of the molecule is CC(=O)Oc1cc(=O)c(O)c(C)o1. The quantitative estimate of drug-likeness (QED) is 0.646. The molecule has 1 rings (SSSR count). The van der Waals surface area contributed by atoms with Gasteiger partial charge in [0.2, 0.25) is 11.2 Å². The topological polar surface area (TPSA) is 76.7 Å². The van der Waals surface area contributed by atoms with Crippen LogP contribution in [0.25, 0.3) is 0 Å². The molecule has 0 saturated carbocycles. The van der Waals surface area contributed by atoms with Crippen LogP contribution in [-0.4, -0.2) is 11.1 Å². The highest BCUT2D eigenvalue weighted by atomic mass is 16.6. The third-order valence-electron chi connectivity index (χ3n) is 1.31. The fourth-order valence-corrected chi connectivity index (χ4v) is 0.770. The molecule has 0 aromatic carbocycles.